The highest BCUT2D eigenvalue weighted by molar-refractivity contribution is 6.03. The second-order valence-corrected chi connectivity index (χ2v) is 12.1. The highest BCUT2D eigenvalue weighted by atomic mass is 16.5. The molecule has 0 saturated carbocycles. The highest BCUT2D eigenvalue weighted by Crippen LogP contribution is 2.47. The van der Waals surface area contributed by atoms with Gasteiger partial charge in [0.25, 0.3) is 0 Å². The van der Waals surface area contributed by atoms with Crippen LogP contribution in [-0.2, 0) is 12.8 Å². The van der Waals surface area contributed by atoms with Crippen molar-refractivity contribution in [1.82, 2.24) is 0 Å². The first-order valence-corrected chi connectivity index (χ1v) is 14.2. The van der Waals surface area contributed by atoms with Crippen LogP contribution in [-0.4, -0.2) is 53.6 Å². The lowest BCUT2D eigenvalue weighted by Gasteiger charge is -2.30. The number of phenolic OH excluding ortho intramolecular Hbond substituents is 1. The molecule has 226 valence electrons. The molecule has 0 aromatic heterocycles. The van der Waals surface area contributed by atoms with Gasteiger partial charge >= 0.3 is 0 Å². The Balaban J connectivity index is 1.97. The van der Waals surface area contributed by atoms with Crippen molar-refractivity contribution in [2.24, 2.45) is 0 Å². The fourth-order valence-corrected chi connectivity index (χ4v) is 5.21. The number of rotatable bonds is 13. The average molecular weight is 571 g/mol. The zero-order valence-corrected chi connectivity index (χ0v) is 25.7. The van der Waals surface area contributed by atoms with Gasteiger partial charge in [-0.3, -0.25) is 4.79 Å². The van der Waals surface area contributed by atoms with E-state index in [0.717, 1.165) is 18.4 Å². The number of fused-ring (bicyclic) bond motifs is 1. The fraction of sp³-hybridized carbons (Fsp3) is 0.545. The second-order valence-electron chi connectivity index (χ2n) is 12.1. The molecule has 0 bridgehead atoms. The third-order valence-corrected chi connectivity index (χ3v) is 7.50. The van der Waals surface area contributed by atoms with Crippen LogP contribution in [0.15, 0.2) is 29.8 Å². The Kier molecular flexibility index (Phi) is 10.4. The Morgan fingerprint density at radius 1 is 1.00 bits per heavy atom. The number of aromatic hydroxyl groups is 1. The molecule has 8 nitrogen and oxygen atoms in total. The quantitative estimate of drug-likeness (QED) is 0.242. The summed E-state index contributed by atoms with van der Waals surface area (Å²) in [6.45, 7) is 9.11. The van der Waals surface area contributed by atoms with Gasteiger partial charge < -0.3 is 34.3 Å². The minimum absolute atomic E-state index is 0.0181. The predicted molar refractivity (Wildman–Crippen MR) is 159 cm³/mol. The molecule has 1 heterocycles. The van der Waals surface area contributed by atoms with E-state index in [1.165, 1.54) is 14.2 Å². The summed E-state index contributed by atoms with van der Waals surface area (Å²) < 4.78 is 23.2. The number of ketones is 1. The number of hydrogen-bond acceptors (Lipinski definition) is 8. The molecule has 0 spiro atoms. The van der Waals surface area contributed by atoms with Crippen molar-refractivity contribution in [3.05, 3.63) is 52.1 Å². The zero-order chi connectivity index (χ0) is 30.5. The number of allylic oxidation sites excluding steroid dienone is 2. The molecule has 2 aromatic carbocycles. The molecule has 3 N–H and O–H groups in total. The van der Waals surface area contributed by atoms with Gasteiger partial charge in [0, 0.05) is 22.8 Å². The summed E-state index contributed by atoms with van der Waals surface area (Å²) >= 11 is 0. The van der Waals surface area contributed by atoms with Crippen molar-refractivity contribution in [2.75, 3.05) is 21.3 Å². The van der Waals surface area contributed by atoms with Gasteiger partial charge in [0.05, 0.1) is 39.0 Å². The maximum absolute atomic E-state index is 13.6. The van der Waals surface area contributed by atoms with E-state index in [1.807, 2.05) is 13.0 Å². The molecule has 41 heavy (non-hydrogen) atoms. The minimum atomic E-state index is -0.896. The zero-order valence-electron chi connectivity index (χ0n) is 25.7. The standard InChI is InChI=1S/C33H46O8/c1-20(10-9-16-32(2,3)36)11-12-22-21(13-14-25(38-6)30(22)35)27-18-24(34)29-28(41-27)19-26(39-7)23(31(29)40-8)15-17-33(4,5)37/h11,13-14,19,27,35-37H,9-10,12,15-18H2,1-8H3/b20-11+/t27-/m0/s1. The van der Waals surface area contributed by atoms with E-state index in [1.54, 1.807) is 46.9 Å². The van der Waals surface area contributed by atoms with Crippen LogP contribution < -0.4 is 18.9 Å². The molecule has 0 saturated heterocycles. The van der Waals surface area contributed by atoms with E-state index < -0.39 is 17.3 Å². The van der Waals surface area contributed by atoms with E-state index >= 15 is 0 Å². The first-order valence-electron chi connectivity index (χ1n) is 14.2. The van der Waals surface area contributed by atoms with E-state index in [9.17, 15) is 20.1 Å². The molecule has 1 aliphatic rings. The van der Waals surface area contributed by atoms with Crippen molar-refractivity contribution >= 4 is 5.78 Å². The van der Waals surface area contributed by atoms with Gasteiger partial charge in [0.1, 0.15) is 28.9 Å². The SMILES string of the molecule is COc1ccc([C@@H]2CC(=O)c3c(cc(OC)c(CCC(C)(C)O)c3OC)O2)c(C/C=C(\C)CCCC(C)(C)O)c1O. The Labute approximate surface area is 243 Å². The first kappa shape index (κ1) is 32.3. The van der Waals surface area contributed by atoms with Crippen molar-refractivity contribution < 1.29 is 39.1 Å². The number of methoxy groups -OCH3 is 3. The predicted octanol–water partition coefficient (Wildman–Crippen LogP) is 6.26. The number of phenols is 1. The number of Topliss-reactive ketones (excluding diaryl/α,β-unsaturated/α-hetero) is 1. The molecule has 0 amide bonds. The smallest absolute Gasteiger partial charge is 0.174 e. The molecular formula is C33H46O8. The molecule has 0 fully saturated rings. The number of hydrogen-bond donors (Lipinski definition) is 3. The van der Waals surface area contributed by atoms with Crippen LogP contribution in [0, 0.1) is 0 Å². The maximum atomic E-state index is 13.6. The second kappa shape index (κ2) is 13.2. The number of aliphatic hydroxyl groups is 2. The van der Waals surface area contributed by atoms with Crippen molar-refractivity contribution in [3.63, 3.8) is 0 Å². The summed E-state index contributed by atoms with van der Waals surface area (Å²) in [5.41, 5.74) is 1.94. The Bertz CT molecular complexity index is 1260. The molecule has 0 radical (unpaired) electrons. The third-order valence-electron chi connectivity index (χ3n) is 7.50. The summed E-state index contributed by atoms with van der Waals surface area (Å²) in [6, 6.07) is 5.22. The summed E-state index contributed by atoms with van der Waals surface area (Å²) in [7, 11) is 4.56. The Morgan fingerprint density at radius 2 is 1.66 bits per heavy atom. The monoisotopic (exact) mass is 570 g/mol. The van der Waals surface area contributed by atoms with E-state index in [4.69, 9.17) is 18.9 Å². The molecule has 2 aromatic rings. The van der Waals surface area contributed by atoms with Crippen molar-refractivity contribution in [2.45, 2.75) is 96.9 Å². The van der Waals surface area contributed by atoms with E-state index in [-0.39, 0.29) is 18.0 Å². The fourth-order valence-electron chi connectivity index (χ4n) is 5.21. The summed E-state index contributed by atoms with van der Waals surface area (Å²) in [4.78, 5) is 13.6. The lowest BCUT2D eigenvalue weighted by Crippen LogP contribution is -2.23. The van der Waals surface area contributed by atoms with Crippen molar-refractivity contribution in [1.29, 1.82) is 0 Å². The first-order chi connectivity index (χ1) is 19.2. The highest BCUT2D eigenvalue weighted by Gasteiger charge is 2.35. The molecular weight excluding hydrogens is 524 g/mol. The lowest BCUT2D eigenvalue weighted by atomic mass is 9.88. The Morgan fingerprint density at radius 3 is 2.24 bits per heavy atom. The molecule has 3 rings (SSSR count). The van der Waals surface area contributed by atoms with Crippen LogP contribution >= 0.6 is 0 Å². The summed E-state index contributed by atoms with van der Waals surface area (Å²) in [5.74, 6) is 1.49. The normalized spacial score (nSPS) is 15.8. The van der Waals surface area contributed by atoms with E-state index in [2.05, 4.69) is 6.08 Å². The van der Waals surface area contributed by atoms with Crippen LogP contribution in [0.2, 0.25) is 0 Å². The number of benzene rings is 2. The number of ether oxygens (including phenoxy) is 4. The van der Waals surface area contributed by atoms with E-state index in [0.29, 0.717) is 70.9 Å². The topological polar surface area (TPSA) is 115 Å². The largest absolute Gasteiger partial charge is 0.504 e. The van der Waals surface area contributed by atoms with Gasteiger partial charge in [0.15, 0.2) is 17.3 Å². The van der Waals surface area contributed by atoms with Crippen LogP contribution in [0.1, 0.15) is 99.9 Å². The lowest BCUT2D eigenvalue weighted by molar-refractivity contribution is 0.0687. The summed E-state index contributed by atoms with van der Waals surface area (Å²) in [5, 5.41) is 31.4. The van der Waals surface area contributed by atoms with Crippen LogP contribution in [0.5, 0.6) is 28.7 Å². The number of carbonyl (C=O) groups excluding carboxylic acids is 1. The molecule has 8 heteroatoms. The Hall–Kier alpha value is -3.23. The minimum Gasteiger partial charge on any atom is -0.504 e. The van der Waals surface area contributed by atoms with Gasteiger partial charge in [-0.1, -0.05) is 17.7 Å². The van der Waals surface area contributed by atoms with Gasteiger partial charge in [-0.05, 0) is 79.2 Å². The van der Waals surface area contributed by atoms with Crippen molar-refractivity contribution in [3.8, 4) is 28.7 Å². The van der Waals surface area contributed by atoms with Crippen LogP contribution in [0.4, 0.5) is 0 Å². The molecule has 1 aliphatic heterocycles. The van der Waals surface area contributed by atoms with Gasteiger partial charge in [-0.15, -0.1) is 0 Å². The maximum Gasteiger partial charge on any atom is 0.174 e. The van der Waals surface area contributed by atoms with Crippen LogP contribution in [0.25, 0.3) is 0 Å². The summed E-state index contributed by atoms with van der Waals surface area (Å²) in [6.07, 6.45) is 5.19. The molecule has 1 atom stereocenters. The third kappa shape index (κ3) is 8.17. The molecule has 0 unspecified atom stereocenters. The van der Waals surface area contributed by atoms with Crippen LogP contribution in [0.3, 0.4) is 0 Å². The van der Waals surface area contributed by atoms with Gasteiger partial charge in [-0.25, -0.2) is 0 Å². The van der Waals surface area contributed by atoms with Gasteiger partial charge in [0.2, 0.25) is 0 Å². The number of carbonyl (C=O) groups is 1. The average Bonchev–Trinajstić information content (AvgIpc) is 2.88. The molecule has 0 aliphatic carbocycles. The van der Waals surface area contributed by atoms with Gasteiger partial charge in [-0.2, -0.15) is 0 Å².